The molecule has 0 aliphatic carbocycles. The molecule has 182 valence electrons. The Kier molecular flexibility index (Phi) is 7.45. The lowest BCUT2D eigenvalue weighted by Crippen LogP contribution is -2.26. The highest BCUT2D eigenvalue weighted by molar-refractivity contribution is 9.10. The van der Waals surface area contributed by atoms with Gasteiger partial charge in [0.05, 0.1) is 19.7 Å². The topological polar surface area (TPSA) is 125 Å². The number of azo groups is 1. The van der Waals surface area contributed by atoms with Gasteiger partial charge in [0.25, 0.3) is 5.91 Å². The number of ether oxygens (including phenoxy) is 2. The number of fused-ring (bicyclic) bond motifs is 1. The molecule has 0 aliphatic heterocycles. The Hall–Kier alpha value is -4.44. The number of halogens is 1. The van der Waals surface area contributed by atoms with E-state index in [9.17, 15) is 14.7 Å². The minimum absolute atomic E-state index is 0.0901. The fourth-order valence-electron chi connectivity index (χ4n) is 3.50. The number of rotatable bonds is 7. The van der Waals surface area contributed by atoms with Crippen LogP contribution in [0.25, 0.3) is 17.0 Å². The molecule has 0 fully saturated rings. The van der Waals surface area contributed by atoms with E-state index in [0.717, 1.165) is 4.47 Å². The van der Waals surface area contributed by atoms with Gasteiger partial charge < -0.3 is 24.9 Å². The van der Waals surface area contributed by atoms with E-state index in [4.69, 9.17) is 9.47 Å². The second kappa shape index (κ2) is 10.9. The maximum absolute atomic E-state index is 13.2. The number of hydrogen-bond acceptors (Lipinski definition) is 6. The first-order chi connectivity index (χ1) is 17.4. The van der Waals surface area contributed by atoms with Crippen LogP contribution in [0.5, 0.6) is 17.4 Å². The third kappa shape index (κ3) is 5.28. The highest BCUT2D eigenvalue weighted by Crippen LogP contribution is 2.37. The predicted molar refractivity (Wildman–Crippen MR) is 139 cm³/mol. The standard InChI is InChI=1S/C26H21BrN4O5/c1-35-21-10-6-9-16(23(21)36-2)13-20(29-24(32)15-7-4-3-5-8-15)25(33)31-30-22-18-14-17(27)11-12-19(18)28-26(22)34/h3-14,28,34H,1-2H3,(H,29,32)/b20-13-,31-30?. The molecule has 3 aromatic carbocycles. The molecular weight excluding hydrogens is 528 g/mol. The van der Waals surface area contributed by atoms with Crippen LogP contribution in [0.2, 0.25) is 0 Å². The van der Waals surface area contributed by atoms with Gasteiger partial charge >= 0.3 is 5.91 Å². The Morgan fingerprint density at radius 1 is 1.03 bits per heavy atom. The van der Waals surface area contributed by atoms with Crippen molar-refractivity contribution in [2.75, 3.05) is 14.2 Å². The van der Waals surface area contributed by atoms with Crippen molar-refractivity contribution < 1.29 is 24.2 Å². The molecule has 4 aromatic rings. The number of carbonyl (C=O) groups excluding carboxylic acids is 2. The number of benzene rings is 3. The molecule has 1 heterocycles. The number of H-pyrrole nitrogens is 1. The van der Waals surface area contributed by atoms with Gasteiger partial charge in [-0.1, -0.05) is 46.3 Å². The summed E-state index contributed by atoms with van der Waals surface area (Å²) in [6.07, 6.45) is 1.43. The van der Waals surface area contributed by atoms with Crippen LogP contribution in [-0.4, -0.2) is 36.1 Å². The minimum Gasteiger partial charge on any atom is -0.493 e. The van der Waals surface area contributed by atoms with E-state index in [-0.39, 0.29) is 17.3 Å². The van der Waals surface area contributed by atoms with E-state index in [2.05, 4.69) is 36.5 Å². The van der Waals surface area contributed by atoms with Crippen LogP contribution >= 0.6 is 15.9 Å². The highest BCUT2D eigenvalue weighted by atomic mass is 79.9. The third-order valence-electron chi connectivity index (χ3n) is 5.20. The number of aromatic hydroxyl groups is 1. The molecule has 9 nitrogen and oxygen atoms in total. The maximum Gasteiger partial charge on any atom is 0.311 e. The SMILES string of the molecule is COc1cccc(/C=C(\NC(=O)c2ccccc2)C(=O)N=Nc2c(O)[nH]c3ccc(Br)cc23)c1OC. The van der Waals surface area contributed by atoms with Crippen LogP contribution in [-0.2, 0) is 4.79 Å². The van der Waals surface area contributed by atoms with Crippen molar-refractivity contribution in [2.45, 2.75) is 0 Å². The predicted octanol–water partition coefficient (Wildman–Crippen LogP) is 5.73. The minimum atomic E-state index is -0.840. The van der Waals surface area contributed by atoms with Crippen molar-refractivity contribution in [3.8, 4) is 17.4 Å². The molecule has 3 N–H and O–H groups in total. The number of methoxy groups -OCH3 is 2. The molecule has 2 amide bonds. The number of nitrogens with zero attached hydrogens (tertiary/aromatic N) is 2. The van der Waals surface area contributed by atoms with Gasteiger partial charge in [-0.25, -0.2) is 0 Å². The van der Waals surface area contributed by atoms with Gasteiger partial charge in [-0.3, -0.25) is 9.59 Å². The zero-order chi connectivity index (χ0) is 25.7. The number of amides is 2. The van der Waals surface area contributed by atoms with Crippen LogP contribution in [0.15, 0.2) is 87.1 Å². The monoisotopic (exact) mass is 548 g/mol. The molecule has 0 saturated heterocycles. The summed E-state index contributed by atoms with van der Waals surface area (Å²) >= 11 is 3.38. The van der Waals surface area contributed by atoms with Gasteiger partial charge in [-0.2, -0.15) is 0 Å². The average molecular weight is 549 g/mol. The number of nitrogens with one attached hydrogen (secondary N) is 2. The van der Waals surface area contributed by atoms with E-state index in [1.807, 2.05) is 0 Å². The summed E-state index contributed by atoms with van der Waals surface area (Å²) in [5.41, 5.74) is 1.38. The number of carbonyl (C=O) groups is 2. The normalized spacial score (nSPS) is 11.6. The van der Waals surface area contributed by atoms with Crippen LogP contribution in [0.4, 0.5) is 5.69 Å². The van der Waals surface area contributed by atoms with Gasteiger partial charge in [0.1, 0.15) is 5.70 Å². The van der Waals surface area contributed by atoms with Gasteiger partial charge in [0, 0.05) is 21.0 Å². The first-order valence-electron chi connectivity index (χ1n) is 10.7. The zero-order valence-electron chi connectivity index (χ0n) is 19.3. The van der Waals surface area contributed by atoms with Gasteiger partial charge in [0.15, 0.2) is 17.2 Å². The summed E-state index contributed by atoms with van der Waals surface area (Å²) in [7, 11) is 2.96. The average Bonchev–Trinajstić information content (AvgIpc) is 3.20. The molecular formula is C26H21BrN4O5. The van der Waals surface area contributed by atoms with Crippen molar-refractivity contribution >= 4 is 50.4 Å². The Labute approximate surface area is 214 Å². The van der Waals surface area contributed by atoms with Crippen LogP contribution in [0.1, 0.15) is 15.9 Å². The van der Waals surface area contributed by atoms with Crippen molar-refractivity contribution in [2.24, 2.45) is 10.2 Å². The molecule has 0 bridgehead atoms. The molecule has 10 heteroatoms. The van der Waals surface area contributed by atoms with E-state index in [0.29, 0.717) is 33.5 Å². The van der Waals surface area contributed by atoms with Crippen molar-refractivity contribution in [1.29, 1.82) is 0 Å². The van der Waals surface area contributed by atoms with Gasteiger partial charge in [-0.15, -0.1) is 10.2 Å². The molecule has 4 rings (SSSR count). The Morgan fingerprint density at radius 2 is 1.81 bits per heavy atom. The van der Waals surface area contributed by atoms with Gasteiger partial charge in [-0.05, 0) is 42.5 Å². The highest BCUT2D eigenvalue weighted by Gasteiger charge is 2.18. The number of hydrogen-bond donors (Lipinski definition) is 3. The molecule has 1 aromatic heterocycles. The second-order valence-corrected chi connectivity index (χ2v) is 8.39. The number of aromatic amines is 1. The first-order valence-corrected chi connectivity index (χ1v) is 11.5. The molecule has 0 aliphatic rings. The number of para-hydroxylation sites is 1. The van der Waals surface area contributed by atoms with Crippen LogP contribution < -0.4 is 14.8 Å². The van der Waals surface area contributed by atoms with E-state index < -0.39 is 11.8 Å². The van der Waals surface area contributed by atoms with E-state index in [1.165, 1.54) is 20.3 Å². The molecule has 0 saturated carbocycles. The quantitative estimate of drug-likeness (QED) is 0.200. The molecule has 0 spiro atoms. The van der Waals surface area contributed by atoms with Crippen LogP contribution in [0.3, 0.4) is 0 Å². The van der Waals surface area contributed by atoms with Crippen LogP contribution in [0, 0.1) is 0 Å². The Morgan fingerprint density at radius 3 is 2.53 bits per heavy atom. The largest absolute Gasteiger partial charge is 0.493 e. The lowest BCUT2D eigenvalue weighted by molar-refractivity contribution is -0.115. The molecule has 0 radical (unpaired) electrons. The summed E-state index contributed by atoms with van der Waals surface area (Å²) in [4.78, 5) is 28.8. The summed E-state index contributed by atoms with van der Waals surface area (Å²) in [6.45, 7) is 0. The summed E-state index contributed by atoms with van der Waals surface area (Å²) in [6, 6.07) is 18.8. The van der Waals surface area contributed by atoms with E-state index >= 15 is 0 Å². The smallest absolute Gasteiger partial charge is 0.311 e. The lowest BCUT2D eigenvalue weighted by Gasteiger charge is -2.12. The lowest BCUT2D eigenvalue weighted by atomic mass is 10.1. The fourth-order valence-corrected chi connectivity index (χ4v) is 3.86. The maximum atomic E-state index is 13.2. The summed E-state index contributed by atoms with van der Waals surface area (Å²) in [5, 5.41) is 21.2. The molecule has 0 unspecified atom stereocenters. The fraction of sp³-hybridized carbons (Fsp3) is 0.0769. The Bertz CT molecular complexity index is 1500. The van der Waals surface area contributed by atoms with E-state index in [1.54, 1.807) is 66.7 Å². The Balaban J connectivity index is 1.74. The molecule has 36 heavy (non-hydrogen) atoms. The first kappa shape index (κ1) is 24.7. The third-order valence-corrected chi connectivity index (χ3v) is 5.70. The molecule has 0 atom stereocenters. The van der Waals surface area contributed by atoms with Crippen molar-refractivity contribution in [1.82, 2.24) is 10.3 Å². The van der Waals surface area contributed by atoms with Crippen molar-refractivity contribution in [3.05, 3.63) is 88.0 Å². The summed E-state index contributed by atoms with van der Waals surface area (Å²) < 4.78 is 11.5. The summed E-state index contributed by atoms with van der Waals surface area (Å²) in [5.74, 6) is -0.773. The second-order valence-electron chi connectivity index (χ2n) is 7.48. The van der Waals surface area contributed by atoms with Gasteiger partial charge in [0.2, 0.25) is 5.88 Å². The number of aromatic nitrogens is 1. The zero-order valence-corrected chi connectivity index (χ0v) is 20.9. The van der Waals surface area contributed by atoms with Crippen molar-refractivity contribution in [3.63, 3.8) is 0 Å².